The van der Waals surface area contributed by atoms with Crippen LogP contribution in [0, 0.1) is 0 Å². The van der Waals surface area contributed by atoms with Crippen molar-refractivity contribution in [3.63, 3.8) is 0 Å². The Morgan fingerprint density at radius 3 is 2.71 bits per heavy atom. The molecule has 2 aromatic carbocycles. The predicted molar refractivity (Wildman–Crippen MR) is 82.5 cm³/mol. The van der Waals surface area contributed by atoms with Gasteiger partial charge in [0.05, 0.1) is 5.52 Å². The van der Waals surface area contributed by atoms with Crippen LogP contribution < -0.4 is 0 Å². The van der Waals surface area contributed by atoms with Crippen LogP contribution in [0.5, 0.6) is 0 Å². The molecule has 0 spiro atoms. The number of hydrogen-bond donors (Lipinski definition) is 0. The summed E-state index contributed by atoms with van der Waals surface area (Å²) in [7, 11) is 0. The fourth-order valence-corrected chi connectivity index (χ4v) is 2.61. The summed E-state index contributed by atoms with van der Waals surface area (Å²) < 4.78 is 1.72. The lowest BCUT2D eigenvalue weighted by molar-refractivity contribution is 0.884. The fraction of sp³-hybridized carbons (Fsp3) is 0.0625. The van der Waals surface area contributed by atoms with Gasteiger partial charge in [-0.15, -0.1) is 5.10 Å². The van der Waals surface area contributed by atoms with Gasteiger partial charge in [0.25, 0.3) is 0 Å². The van der Waals surface area contributed by atoms with E-state index in [-0.39, 0.29) is 0 Å². The summed E-state index contributed by atoms with van der Waals surface area (Å²) in [5.41, 5.74) is 2.76. The Balaban J connectivity index is 1.84. The Labute approximate surface area is 126 Å². The molecule has 0 saturated carbocycles. The van der Waals surface area contributed by atoms with Crippen LogP contribution in [-0.4, -0.2) is 19.6 Å². The van der Waals surface area contributed by atoms with Crippen molar-refractivity contribution >= 4 is 28.2 Å². The molecule has 4 rings (SSSR count). The van der Waals surface area contributed by atoms with E-state index < -0.39 is 0 Å². The highest BCUT2D eigenvalue weighted by Crippen LogP contribution is 2.20. The fourth-order valence-electron chi connectivity index (χ4n) is 2.41. The summed E-state index contributed by atoms with van der Waals surface area (Å²) in [6.45, 7) is 0. The number of halogens is 1. The predicted octanol–water partition coefficient (Wildman–Crippen LogP) is 3.52. The molecule has 4 nitrogen and oxygen atoms in total. The number of aromatic nitrogens is 4. The van der Waals surface area contributed by atoms with Gasteiger partial charge in [-0.2, -0.15) is 0 Å². The second kappa shape index (κ2) is 4.82. The monoisotopic (exact) mass is 294 g/mol. The van der Waals surface area contributed by atoms with E-state index in [2.05, 4.69) is 15.1 Å². The number of nitrogens with zero attached hydrogens (tertiary/aromatic N) is 4. The summed E-state index contributed by atoms with van der Waals surface area (Å²) in [5.74, 6) is 0.737. The van der Waals surface area contributed by atoms with Crippen molar-refractivity contribution in [1.29, 1.82) is 0 Å². The van der Waals surface area contributed by atoms with Gasteiger partial charge in [-0.3, -0.25) is 0 Å². The largest absolute Gasteiger partial charge is 0.236 e. The molecule has 0 saturated heterocycles. The average molecular weight is 295 g/mol. The molecule has 2 heterocycles. The van der Waals surface area contributed by atoms with Crippen LogP contribution in [0.3, 0.4) is 0 Å². The van der Waals surface area contributed by atoms with Crippen molar-refractivity contribution in [3.05, 3.63) is 71.3 Å². The Bertz CT molecular complexity index is 945. The van der Waals surface area contributed by atoms with E-state index in [0.29, 0.717) is 6.42 Å². The first-order chi connectivity index (χ1) is 10.3. The molecule has 5 heteroatoms. The molecular formula is C16H11ClN4. The SMILES string of the molecule is Clc1ccccc1Cc1nc2c3ccccc3ncn2n1. The standard InChI is InChI=1S/C16H11ClN4/c17-13-7-3-1-5-11(13)9-15-19-16-12-6-2-4-8-14(12)18-10-21(16)20-15/h1-8,10H,9H2. The third-order valence-electron chi connectivity index (χ3n) is 3.43. The number of hydrogen-bond acceptors (Lipinski definition) is 3. The minimum absolute atomic E-state index is 0.607. The molecule has 0 amide bonds. The first-order valence-corrected chi connectivity index (χ1v) is 7.01. The molecule has 0 unspecified atom stereocenters. The highest BCUT2D eigenvalue weighted by Gasteiger charge is 2.09. The maximum Gasteiger partial charge on any atom is 0.166 e. The zero-order valence-electron chi connectivity index (χ0n) is 11.1. The van der Waals surface area contributed by atoms with E-state index in [1.54, 1.807) is 10.8 Å². The van der Waals surface area contributed by atoms with Gasteiger partial charge in [-0.25, -0.2) is 14.5 Å². The van der Waals surface area contributed by atoms with Crippen molar-refractivity contribution in [2.45, 2.75) is 6.42 Å². The summed E-state index contributed by atoms with van der Waals surface area (Å²) in [4.78, 5) is 9.01. The summed E-state index contributed by atoms with van der Waals surface area (Å²) in [5, 5.41) is 6.22. The van der Waals surface area contributed by atoms with Crippen molar-refractivity contribution in [3.8, 4) is 0 Å². The van der Waals surface area contributed by atoms with Gasteiger partial charge >= 0.3 is 0 Å². The minimum Gasteiger partial charge on any atom is -0.236 e. The third-order valence-corrected chi connectivity index (χ3v) is 3.80. The lowest BCUT2D eigenvalue weighted by atomic mass is 10.1. The van der Waals surface area contributed by atoms with Crippen molar-refractivity contribution in [2.24, 2.45) is 0 Å². The first-order valence-electron chi connectivity index (χ1n) is 6.64. The smallest absolute Gasteiger partial charge is 0.166 e. The first kappa shape index (κ1) is 12.3. The van der Waals surface area contributed by atoms with E-state index in [9.17, 15) is 0 Å². The lowest BCUT2D eigenvalue weighted by Crippen LogP contribution is -1.93. The van der Waals surface area contributed by atoms with Gasteiger partial charge in [0.1, 0.15) is 6.33 Å². The van der Waals surface area contributed by atoms with Gasteiger partial charge in [0.15, 0.2) is 11.5 Å². The van der Waals surface area contributed by atoms with Gasteiger partial charge in [0, 0.05) is 16.8 Å². The molecule has 102 valence electrons. The van der Waals surface area contributed by atoms with Crippen LogP contribution in [0.1, 0.15) is 11.4 Å². The second-order valence-electron chi connectivity index (χ2n) is 4.83. The molecular weight excluding hydrogens is 284 g/mol. The van der Waals surface area contributed by atoms with Gasteiger partial charge in [-0.05, 0) is 23.8 Å². The highest BCUT2D eigenvalue weighted by atomic mass is 35.5. The second-order valence-corrected chi connectivity index (χ2v) is 5.23. The maximum absolute atomic E-state index is 6.19. The molecule has 0 aliphatic rings. The van der Waals surface area contributed by atoms with E-state index in [4.69, 9.17) is 11.6 Å². The molecule has 0 aliphatic carbocycles. The number of benzene rings is 2. The molecule has 21 heavy (non-hydrogen) atoms. The van der Waals surface area contributed by atoms with Crippen LogP contribution in [0.4, 0.5) is 0 Å². The molecule has 0 radical (unpaired) electrons. The van der Waals surface area contributed by atoms with Gasteiger partial charge in [-0.1, -0.05) is 41.9 Å². The molecule has 2 aromatic heterocycles. The van der Waals surface area contributed by atoms with Gasteiger partial charge < -0.3 is 0 Å². The average Bonchev–Trinajstić information content (AvgIpc) is 2.93. The minimum atomic E-state index is 0.607. The molecule has 4 aromatic rings. The lowest BCUT2D eigenvalue weighted by Gasteiger charge is -1.99. The van der Waals surface area contributed by atoms with E-state index >= 15 is 0 Å². The van der Waals surface area contributed by atoms with Crippen LogP contribution in [0.15, 0.2) is 54.9 Å². The zero-order valence-corrected chi connectivity index (χ0v) is 11.8. The summed E-state index contributed by atoms with van der Waals surface area (Å²) in [6, 6.07) is 15.7. The van der Waals surface area contributed by atoms with Crippen LogP contribution in [-0.2, 0) is 6.42 Å². The third kappa shape index (κ3) is 2.14. The molecule has 0 atom stereocenters. The van der Waals surface area contributed by atoms with E-state index in [1.165, 1.54) is 0 Å². The molecule has 0 aliphatic heterocycles. The number of fused-ring (bicyclic) bond motifs is 3. The Kier molecular flexibility index (Phi) is 2.82. The van der Waals surface area contributed by atoms with Crippen LogP contribution in [0.25, 0.3) is 16.6 Å². The normalized spacial score (nSPS) is 11.3. The quantitative estimate of drug-likeness (QED) is 0.568. The highest BCUT2D eigenvalue weighted by molar-refractivity contribution is 6.31. The molecule has 0 fully saturated rings. The van der Waals surface area contributed by atoms with E-state index in [0.717, 1.165) is 33.0 Å². The Hall–Kier alpha value is -2.46. The number of para-hydroxylation sites is 1. The maximum atomic E-state index is 6.19. The summed E-state index contributed by atoms with van der Waals surface area (Å²) >= 11 is 6.19. The zero-order chi connectivity index (χ0) is 14.2. The van der Waals surface area contributed by atoms with Crippen molar-refractivity contribution in [1.82, 2.24) is 19.6 Å². The van der Waals surface area contributed by atoms with Crippen molar-refractivity contribution < 1.29 is 0 Å². The van der Waals surface area contributed by atoms with Crippen molar-refractivity contribution in [2.75, 3.05) is 0 Å². The molecule has 0 bridgehead atoms. The molecule has 0 N–H and O–H groups in total. The Morgan fingerprint density at radius 1 is 1.00 bits per heavy atom. The topological polar surface area (TPSA) is 43.1 Å². The van der Waals surface area contributed by atoms with Gasteiger partial charge in [0.2, 0.25) is 0 Å². The number of rotatable bonds is 2. The van der Waals surface area contributed by atoms with Crippen LogP contribution in [0.2, 0.25) is 5.02 Å². The van der Waals surface area contributed by atoms with E-state index in [1.807, 2.05) is 48.5 Å². The Morgan fingerprint density at radius 2 is 1.81 bits per heavy atom. The van der Waals surface area contributed by atoms with Crippen LogP contribution >= 0.6 is 11.6 Å². The summed E-state index contributed by atoms with van der Waals surface area (Å²) in [6.07, 6.45) is 2.30.